The lowest BCUT2D eigenvalue weighted by molar-refractivity contribution is -0.0182. The van der Waals surface area contributed by atoms with Crippen molar-refractivity contribution in [2.75, 3.05) is 19.6 Å². The van der Waals surface area contributed by atoms with Gasteiger partial charge in [-0.25, -0.2) is 0 Å². The molecule has 0 amide bonds. The summed E-state index contributed by atoms with van der Waals surface area (Å²) >= 11 is 0. The van der Waals surface area contributed by atoms with Crippen molar-refractivity contribution in [2.24, 2.45) is 0 Å². The average molecular weight is 419 g/mol. The lowest BCUT2D eigenvalue weighted by Gasteiger charge is -2.44. The summed E-state index contributed by atoms with van der Waals surface area (Å²) in [5.74, 6) is 0.925. The van der Waals surface area contributed by atoms with E-state index in [1.807, 2.05) is 25.3 Å². The van der Waals surface area contributed by atoms with Gasteiger partial charge in [0.05, 0.1) is 18.1 Å². The minimum atomic E-state index is -0.551. The maximum absolute atomic E-state index is 12.9. The molecule has 1 spiro atoms. The highest BCUT2D eigenvalue weighted by molar-refractivity contribution is 6.00. The third-order valence-electron chi connectivity index (χ3n) is 7.13. The number of rotatable bonds is 3. The summed E-state index contributed by atoms with van der Waals surface area (Å²) in [4.78, 5) is 18.4. The molecule has 0 aliphatic carbocycles. The average Bonchev–Trinajstić information content (AvgIpc) is 3.15. The number of benzene rings is 2. The van der Waals surface area contributed by atoms with Crippen molar-refractivity contribution in [2.45, 2.75) is 51.7 Å². The quantitative estimate of drug-likeness (QED) is 0.651. The first-order chi connectivity index (χ1) is 14.8. The van der Waals surface area contributed by atoms with Gasteiger partial charge in [0.2, 0.25) is 0 Å². The van der Waals surface area contributed by atoms with E-state index in [1.165, 1.54) is 5.56 Å². The van der Waals surface area contributed by atoms with Crippen molar-refractivity contribution in [1.82, 2.24) is 9.88 Å². The third-order valence-corrected chi connectivity index (χ3v) is 7.13. The van der Waals surface area contributed by atoms with Crippen LogP contribution >= 0.6 is 0 Å². The molecule has 2 aromatic carbocycles. The molecule has 1 aromatic heterocycles. The molecule has 2 aliphatic heterocycles. The number of aliphatic hydroxyl groups excluding tert-OH is 1. The largest absolute Gasteiger partial charge is 0.486 e. The number of hydrogen-bond acceptors (Lipinski definition) is 4. The normalized spacial score (nSPS) is 19.4. The molecular weight excluding hydrogens is 388 g/mol. The minimum Gasteiger partial charge on any atom is -0.486 e. The number of carbonyl (C=O) groups excluding carboxylic acids is 1. The second-order valence-electron chi connectivity index (χ2n) is 9.43. The second kappa shape index (κ2) is 7.50. The van der Waals surface area contributed by atoms with E-state index in [9.17, 15) is 9.90 Å². The van der Waals surface area contributed by atoms with Crippen LogP contribution in [-0.4, -0.2) is 46.0 Å². The molecule has 2 N–H and O–H groups in total. The number of ketones is 1. The van der Waals surface area contributed by atoms with Gasteiger partial charge in [0.25, 0.3) is 0 Å². The summed E-state index contributed by atoms with van der Waals surface area (Å²) in [5, 5.41) is 12.0. The number of nitrogens with zero attached hydrogens (tertiary/aromatic N) is 1. The highest BCUT2D eigenvalue weighted by Gasteiger charge is 2.43. The number of piperidine rings is 1. The van der Waals surface area contributed by atoms with E-state index in [2.05, 4.69) is 41.9 Å². The highest BCUT2D eigenvalue weighted by Crippen LogP contribution is 2.40. The lowest BCUT2D eigenvalue weighted by atomic mass is 9.82. The van der Waals surface area contributed by atoms with Gasteiger partial charge >= 0.3 is 0 Å². The van der Waals surface area contributed by atoms with Crippen LogP contribution in [0.25, 0.3) is 10.9 Å². The van der Waals surface area contributed by atoms with Gasteiger partial charge in [0.15, 0.2) is 5.78 Å². The van der Waals surface area contributed by atoms with Gasteiger partial charge in [-0.3, -0.25) is 4.79 Å². The number of aromatic amines is 1. The molecule has 5 heteroatoms. The number of likely N-dealkylation sites (tertiary alicyclic amines) is 1. The Morgan fingerprint density at radius 1 is 1.13 bits per heavy atom. The van der Waals surface area contributed by atoms with Crippen LogP contribution < -0.4 is 4.74 Å². The number of aromatic nitrogens is 1. The summed E-state index contributed by atoms with van der Waals surface area (Å²) in [6, 6.07) is 10.2. The number of β-amino-alcohol motifs (C(OH)–C–C–N with tert-alkyl or cyclic N) is 1. The molecule has 1 fully saturated rings. The Labute approximate surface area is 183 Å². The van der Waals surface area contributed by atoms with Gasteiger partial charge in [-0.15, -0.1) is 0 Å². The van der Waals surface area contributed by atoms with Crippen LogP contribution in [0.3, 0.4) is 0 Å². The molecule has 31 heavy (non-hydrogen) atoms. The number of hydrogen-bond donors (Lipinski definition) is 2. The molecule has 3 heterocycles. The zero-order valence-electron chi connectivity index (χ0n) is 18.5. The first-order valence-electron chi connectivity index (χ1n) is 11.2. The van der Waals surface area contributed by atoms with E-state index in [0.29, 0.717) is 13.0 Å². The fraction of sp³-hybridized carbons (Fsp3) is 0.423. The smallest absolute Gasteiger partial charge is 0.170 e. The van der Waals surface area contributed by atoms with E-state index < -0.39 is 11.7 Å². The first-order valence-corrected chi connectivity index (χ1v) is 11.2. The number of carbonyl (C=O) groups is 1. The Morgan fingerprint density at radius 3 is 2.65 bits per heavy atom. The van der Waals surface area contributed by atoms with Crippen LogP contribution in [0.2, 0.25) is 0 Å². The lowest BCUT2D eigenvalue weighted by Crippen LogP contribution is -2.51. The van der Waals surface area contributed by atoms with Crippen molar-refractivity contribution < 1.29 is 14.6 Å². The summed E-state index contributed by atoms with van der Waals surface area (Å²) in [7, 11) is 0. The molecule has 0 saturated carbocycles. The van der Waals surface area contributed by atoms with Crippen molar-refractivity contribution in [3.8, 4) is 5.75 Å². The SMILES string of the molecule is Cc1ccc2[nH]cc(C(O)CN3CCC4(CC3)CC(=O)c3cc(C)c(C)cc3O4)c2c1. The van der Waals surface area contributed by atoms with Crippen LogP contribution in [-0.2, 0) is 0 Å². The molecular formula is C26H30N2O3. The molecule has 0 radical (unpaired) electrons. The van der Waals surface area contributed by atoms with Gasteiger partial charge in [-0.05, 0) is 56.2 Å². The predicted octanol–water partition coefficient (Wildman–Crippen LogP) is 4.63. The number of Topliss-reactive ketones (excluding diaryl/α,β-unsaturated/α-hetero) is 1. The van der Waals surface area contributed by atoms with Crippen LogP contribution in [0.15, 0.2) is 36.5 Å². The number of aliphatic hydroxyl groups is 1. The Hall–Kier alpha value is -2.63. The Kier molecular flexibility index (Phi) is 4.91. The van der Waals surface area contributed by atoms with Crippen molar-refractivity contribution in [3.63, 3.8) is 0 Å². The van der Waals surface area contributed by atoms with Gasteiger partial charge in [-0.1, -0.05) is 11.6 Å². The first kappa shape index (κ1) is 20.3. The number of ether oxygens (including phenoxy) is 1. The Morgan fingerprint density at radius 2 is 1.87 bits per heavy atom. The minimum absolute atomic E-state index is 0.187. The van der Waals surface area contributed by atoms with Crippen molar-refractivity contribution >= 4 is 16.7 Å². The molecule has 1 saturated heterocycles. The number of aryl methyl sites for hydroxylation is 3. The van der Waals surface area contributed by atoms with E-state index in [0.717, 1.165) is 64.8 Å². The van der Waals surface area contributed by atoms with E-state index in [4.69, 9.17) is 4.74 Å². The number of fused-ring (bicyclic) bond motifs is 2. The molecule has 3 aromatic rings. The van der Waals surface area contributed by atoms with Gasteiger partial charge < -0.3 is 19.7 Å². The molecule has 162 valence electrons. The Bertz CT molecular complexity index is 1150. The standard InChI is InChI=1S/C26H30N2O3/c1-16-4-5-22-19(10-16)21(14-27-22)24(30)15-28-8-6-26(7-9-28)13-23(29)20-11-17(2)18(3)12-25(20)31-26/h4-5,10-12,14,24,27,30H,6-9,13,15H2,1-3H3. The van der Waals surface area contributed by atoms with Crippen LogP contribution in [0.4, 0.5) is 0 Å². The second-order valence-corrected chi connectivity index (χ2v) is 9.43. The molecule has 1 atom stereocenters. The van der Waals surface area contributed by atoms with Gasteiger partial charge in [0, 0.05) is 55.1 Å². The summed E-state index contributed by atoms with van der Waals surface area (Å²) < 4.78 is 6.45. The molecule has 0 bridgehead atoms. The van der Waals surface area contributed by atoms with E-state index in [-0.39, 0.29) is 5.78 Å². The molecule has 5 nitrogen and oxygen atoms in total. The third kappa shape index (κ3) is 3.66. The van der Waals surface area contributed by atoms with Crippen LogP contribution in [0, 0.1) is 20.8 Å². The summed E-state index contributed by atoms with van der Waals surface area (Å²) in [6.07, 6.45) is 3.41. The topological polar surface area (TPSA) is 65.6 Å². The maximum Gasteiger partial charge on any atom is 0.170 e. The molecule has 2 aliphatic rings. The van der Waals surface area contributed by atoms with E-state index >= 15 is 0 Å². The predicted molar refractivity (Wildman–Crippen MR) is 122 cm³/mol. The highest BCUT2D eigenvalue weighted by atomic mass is 16.5. The van der Waals surface area contributed by atoms with Crippen LogP contribution in [0.5, 0.6) is 5.75 Å². The van der Waals surface area contributed by atoms with Crippen molar-refractivity contribution in [3.05, 3.63) is 64.3 Å². The Balaban J connectivity index is 1.27. The fourth-order valence-electron chi connectivity index (χ4n) is 5.05. The maximum atomic E-state index is 12.9. The van der Waals surface area contributed by atoms with Crippen molar-refractivity contribution in [1.29, 1.82) is 0 Å². The molecule has 1 unspecified atom stereocenters. The number of H-pyrrole nitrogens is 1. The zero-order chi connectivity index (χ0) is 21.8. The zero-order valence-corrected chi connectivity index (χ0v) is 18.5. The molecule has 5 rings (SSSR count). The number of nitrogens with one attached hydrogen (secondary N) is 1. The monoisotopic (exact) mass is 418 g/mol. The van der Waals surface area contributed by atoms with Crippen LogP contribution in [0.1, 0.15) is 58.0 Å². The summed E-state index contributed by atoms with van der Waals surface area (Å²) in [6.45, 7) is 8.36. The van der Waals surface area contributed by atoms with E-state index in [1.54, 1.807) is 0 Å². The fourth-order valence-corrected chi connectivity index (χ4v) is 5.05. The van der Waals surface area contributed by atoms with Gasteiger partial charge in [0.1, 0.15) is 11.4 Å². The van der Waals surface area contributed by atoms with Gasteiger partial charge in [-0.2, -0.15) is 0 Å². The summed E-state index contributed by atoms with van der Waals surface area (Å²) in [5.41, 5.74) is 5.77.